The number of piperidine rings is 1. The number of hydrogen-bond acceptors (Lipinski definition) is 5. The highest BCUT2D eigenvalue weighted by molar-refractivity contribution is 5.92. The molecule has 0 spiro atoms. The minimum Gasteiger partial charge on any atom is -0.342 e. The second-order valence-electron chi connectivity index (χ2n) is 6.12. The molecule has 24 heavy (non-hydrogen) atoms. The van der Waals surface area contributed by atoms with Gasteiger partial charge in [-0.25, -0.2) is 9.97 Å². The molecule has 1 fully saturated rings. The lowest BCUT2D eigenvalue weighted by molar-refractivity contribution is 0.0705. The van der Waals surface area contributed by atoms with E-state index in [1.54, 1.807) is 24.8 Å². The van der Waals surface area contributed by atoms with Gasteiger partial charge in [0.1, 0.15) is 11.2 Å². The summed E-state index contributed by atoms with van der Waals surface area (Å²) < 4.78 is 0. The van der Waals surface area contributed by atoms with E-state index < -0.39 is 0 Å². The standard InChI is InChI=1S/C17H18N6O/c1-11-9-21-15(10-20-11)17(24)23-6-2-12(3-7-23)13-8-14-16(22-13)19-5-4-18-14/h4-5,8-10,12H,2-3,6-7H2,1H3,(H,19,22). The monoisotopic (exact) mass is 322 g/mol. The molecule has 4 rings (SSSR count). The van der Waals surface area contributed by atoms with Crippen molar-refractivity contribution in [1.82, 2.24) is 29.8 Å². The van der Waals surface area contributed by atoms with Crippen molar-refractivity contribution in [3.8, 4) is 0 Å². The zero-order valence-corrected chi connectivity index (χ0v) is 13.4. The van der Waals surface area contributed by atoms with E-state index in [4.69, 9.17) is 0 Å². The van der Waals surface area contributed by atoms with E-state index in [9.17, 15) is 4.79 Å². The predicted octanol–water partition coefficient (Wildman–Crippen LogP) is 2.08. The van der Waals surface area contributed by atoms with Crippen molar-refractivity contribution in [2.24, 2.45) is 0 Å². The first kappa shape index (κ1) is 14.7. The van der Waals surface area contributed by atoms with Crippen molar-refractivity contribution in [3.63, 3.8) is 0 Å². The van der Waals surface area contributed by atoms with Crippen LogP contribution in [0, 0.1) is 6.92 Å². The molecule has 0 aromatic carbocycles. The molecule has 3 aromatic heterocycles. The van der Waals surface area contributed by atoms with Gasteiger partial charge < -0.3 is 9.88 Å². The number of likely N-dealkylation sites (tertiary alicyclic amines) is 1. The number of carbonyl (C=O) groups excluding carboxylic acids is 1. The first-order chi connectivity index (χ1) is 11.7. The summed E-state index contributed by atoms with van der Waals surface area (Å²) >= 11 is 0. The minimum absolute atomic E-state index is 0.0408. The molecule has 1 aliphatic heterocycles. The zero-order valence-electron chi connectivity index (χ0n) is 13.4. The average Bonchev–Trinajstić information content (AvgIpc) is 3.06. The smallest absolute Gasteiger partial charge is 0.274 e. The van der Waals surface area contributed by atoms with E-state index in [1.165, 1.54) is 0 Å². The third-order valence-corrected chi connectivity index (χ3v) is 4.50. The van der Waals surface area contributed by atoms with Crippen molar-refractivity contribution in [1.29, 1.82) is 0 Å². The Balaban J connectivity index is 1.44. The molecule has 0 bridgehead atoms. The minimum atomic E-state index is -0.0408. The Kier molecular flexibility index (Phi) is 3.68. The van der Waals surface area contributed by atoms with Crippen LogP contribution in [-0.4, -0.2) is 48.8 Å². The number of fused-ring (bicyclic) bond motifs is 1. The molecule has 122 valence electrons. The normalized spacial score (nSPS) is 15.8. The summed E-state index contributed by atoms with van der Waals surface area (Å²) in [7, 11) is 0. The fraction of sp³-hybridized carbons (Fsp3) is 0.353. The molecule has 0 saturated carbocycles. The van der Waals surface area contributed by atoms with E-state index in [2.05, 4.69) is 31.0 Å². The Hall–Kier alpha value is -2.83. The molecule has 7 nitrogen and oxygen atoms in total. The largest absolute Gasteiger partial charge is 0.342 e. The molecule has 3 aromatic rings. The van der Waals surface area contributed by atoms with Gasteiger partial charge in [0.2, 0.25) is 0 Å². The molecule has 1 amide bonds. The lowest BCUT2D eigenvalue weighted by Gasteiger charge is -2.31. The van der Waals surface area contributed by atoms with Crippen molar-refractivity contribution >= 4 is 17.1 Å². The number of hydrogen-bond donors (Lipinski definition) is 1. The lowest BCUT2D eigenvalue weighted by Crippen LogP contribution is -2.38. The Morgan fingerprint density at radius 1 is 1.12 bits per heavy atom. The van der Waals surface area contributed by atoms with Crippen molar-refractivity contribution in [3.05, 3.63) is 47.9 Å². The third-order valence-electron chi connectivity index (χ3n) is 4.50. The topological polar surface area (TPSA) is 87.7 Å². The molecule has 1 saturated heterocycles. The van der Waals surface area contributed by atoms with Gasteiger partial charge in [0.05, 0.1) is 11.9 Å². The van der Waals surface area contributed by atoms with E-state index in [0.717, 1.165) is 48.5 Å². The van der Waals surface area contributed by atoms with Gasteiger partial charge in [0.25, 0.3) is 5.91 Å². The van der Waals surface area contributed by atoms with E-state index in [0.29, 0.717) is 11.6 Å². The van der Waals surface area contributed by atoms with Crippen LogP contribution in [0.3, 0.4) is 0 Å². The third kappa shape index (κ3) is 2.73. The molecule has 1 N–H and O–H groups in total. The maximum Gasteiger partial charge on any atom is 0.274 e. The second-order valence-corrected chi connectivity index (χ2v) is 6.12. The molecule has 0 unspecified atom stereocenters. The Morgan fingerprint density at radius 2 is 1.92 bits per heavy atom. The lowest BCUT2D eigenvalue weighted by atomic mass is 9.93. The zero-order chi connectivity index (χ0) is 16.5. The SMILES string of the molecule is Cc1cnc(C(=O)N2CCC(c3cc4nccnc4[nH]3)CC2)cn1. The number of nitrogens with one attached hydrogen (secondary N) is 1. The fourth-order valence-corrected chi connectivity index (χ4v) is 3.15. The van der Waals surface area contributed by atoms with Gasteiger partial charge in [-0.2, -0.15) is 0 Å². The summed E-state index contributed by atoms with van der Waals surface area (Å²) in [6.07, 6.45) is 8.40. The van der Waals surface area contributed by atoms with Gasteiger partial charge >= 0.3 is 0 Å². The summed E-state index contributed by atoms with van der Waals surface area (Å²) in [5, 5.41) is 0. The van der Waals surface area contributed by atoms with E-state index >= 15 is 0 Å². The number of aromatic amines is 1. The number of aryl methyl sites for hydroxylation is 1. The van der Waals surface area contributed by atoms with Crippen LogP contribution in [0.4, 0.5) is 0 Å². The predicted molar refractivity (Wildman–Crippen MR) is 88.5 cm³/mol. The molecule has 1 aliphatic rings. The Labute approximate surface area is 139 Å². The van der Waals surface area contributed by atoms with Crippen molar-refractivity contribution < 1.29 is 4.79 Å². The highest BCUT2D eigenvalue weighted by atomic mass is 16.2. The van der Waals surface area contributed by atoms with Gasteiger partial charge in [-0.05, 0) is 25.8 Å². The average molecular weight is 322 g/mol. The molecular weight excluding hydrogens is 304 g/mol. The first-order valence-corrected chi connectivity index (χ1v) is 8.08. The van der Waals surface area contributed by atoms with Gasteiger partial charge in [-0.3, -0.25) is 14.8 Å². The number of carbonyl (C=O) groups is 1. The fourth-order valence-electron chi connectivity index (χ4n) is 3.15. The number of rotatable bonds is 2. The second kappa shape index (κ2) is 5.99. The highest BCUT2D eigenvalue weighted by Crippen LogP contribution is 2.29. The number of nitrogens with zero attached hydrogens (tertiary/aromatic N) is 5. The van der Waals surface area contributed by atoms with E-state index in [-0.39, 0.29) is 5.91 Å². The number of aromatic nitrogens is 5. The van der Waals surface area contributed by atoms with Gasteiger partial charge in [0, 0.05) is 43.3 Å². The summed E-state index contributed by atoms with van der Waals surface area (Å²) in [5.41, 5.74) is 4.09. The quantitative estimate of drug-likeness (QED) is 0.780. The Morgan fingerprint density at radius 3 is 2.62 bits per heavy atom. The molecular formula is C17H18N6O. The van der Waals surface area contributed by atoms with Gasteiger partial charge in [-0.15, -0.1) is 0 Å². The summed E-state index contributed by atoms with van der Waals surface area (Å²) in [4.78, 5) is 34.6. The highest BCUT2D eigenvalue weighted by Gasteiger charge is 2.26. The summed E-state index contributed by atoms with van der Waals surface area (Å²) in [6.45, 7) is 3.29. The first-order valence-electron chi connectivity index (χ1n) is 8.08. The summed E-state index contributed by atoms with van der Waals surface area (Å²) in [5.74, 6) is 0.357. The van der Waals surface area contributed by atoms with Crippen LogP contribution in [0.1, 0.15) is 40.6 Å². The van der Waals surface area contributed by atoms with Crippen LogP contribution >= 0.6 is 0 Å². The Bertz CT molecular complexity index is 831. The van der Waals surface area contributed by atoms with Gasteiger partial charge in [0.15, 0.2) is 5.65 Å². The number of H-pyrrole nitrogens is 1. The maximum absolute atomic E-state index is 12.5. The molecule has 0 atom stereocenters. The number of amides is 1. The molecule has 0 radical (unpaired) electrons. The molecule has 7 heteroatoms. The van der Waals surface area contributed by atoms with Crippen LogP contribution in [0.5, 0.6) is 0 Å². The van der Waals surface area contributed by atoms with Crippen LogP contribution < -0.4 is 0 Å². The maximum atomic E-state index is 12.5. The molecule has 0 aliphatic carbocycles. The van der Waals surface area contributed by atoms with Crippen LogP contribution in [0.2, 0.25) is 0 Å². The van der Waals surface area contributed by atoms with Crippen LogP contribution in [0.25, 0.3) is 11.2 Å². The van der Waals surface area contributed by atoms with Crippen LogP contribution in [-0.2, 0) is 0 Å². The van der Waals surface area contributed by atoms with Gasteiger partial charge in [-0.1, -0.05) is 0 Å². The van der Waals surface area contributed by atoms with Crippen LogP contribution in [0.15, 0.2) is 30.9 Å². The van der Waals surface area contributed by atoms with Crippen molar-refractivity contribution in [2.45, 2.75) is 25.7 Å². The van der Waals surface area contributed by atoms with E-state index in [1.807, 2.05) is 11.8 Å². The summed E-state index contributed by atoms with van der Waals surface area (Å²) in [6, 6.07) is 2.07. The van der Waals surface area contributed by atoms with Crippen molar-refractivity contribution in [2.75, 3.05) is 13.1 Å². The molecule has 4 heterocycles.